The Labute approximate surface area is 96.2 Å². The van der Waals surface area contributed by atoms with Crippen LogP contribution in [0.2, 0.25) is 0 Å². The monoisotopic (exact) mass is 246 g/mol. The number of hydrogen-bond donors (Lipinski definition) is 0. The van der Waals surface area contributed by atoms with Gasteiger partial charge in [-0.2, -0.15) is 0 Å². The van der Waals surface area contributed by atoms with Crippen molar-refractivity contribution in [1.82, 2.24) is 0 Å². The van der Waals surface area contributed by atoms with Crippen LogP contribution in [-0.2, 0) is 16.3 Å². The van der Waals surface area contributed by atoms with Gasteiger partial charge in [-0.05, 0) is 31.0 Å². The van der Waals surface area contributed by atoms with Gasteiger partial charge in [-0.25, -0.2) is 8.42 Å². The van der Waals surface area contributed by atoms with E-state index in [1.165, 1.54) is 0 Å². The third kappa shape index (κ3) is 3.50. The normalized spacial score (nSPS) is 13.8. The van der Waals surface area contributed by atoms with Gasteiger partial charge in [0.05, 0.1) is 10.6 Å². The fraction of sp³-hybridized carbons (Fsp3) is 0.455. The van der Waals surface area contributed by atoms with E-state index in [0.717, 1.165) is 12.0 Å². The van der Waals surface area contributed by atoms with Gasteiger partial charge in [-0.1, -0.05) is 19.1 Å². The average molecular weight is 247 g/mol. The summed E-state index contributed by atoms with van der Waals surface area (Å²) in [7, 11) is -3.08. The molecule has 0 saturated carbocycles. The van der Waals surface area contributed by atoms with E-state index in [2.05, 4.69) is 0 Å². The highest BCUT2D eigenvalue weighted by molar-refractivity contribution is 7.91. The molecule has 1 atom stereocenters. The van der Waals surface area contributed by atoms with Crippen molar-refractivity contribution < 1.29 is 8.42 Å². The molecule has 1 unspecified atom stereocenters. The van der Waals surface area contributed by atoms with Gasteiger partial charge >= 0.3 is 0 Å². The number of halogens is 1. The third-order valence-corrected chi connectivity index (χ3v) is 4.08. The summed E-state index contributed by atoms with van der Waals surface area (Å²) in [4.78, 5) is 0.385. The van der Waals surface area contributed by atoms with Crippen LogP contribution in [0.3, 0.4) is 0 Å². The first-order valence-electron chi connectivity index (χ1n) is 4.91. The van der Waals surface area contributed by atoms with Crippen molar-refractivity contribution in [3.8, 4) is 0 Å². The molecule has 0 aliphatic carbocycles. The van der Waals surface area contributed by atoms with Gasteiger partial charge < -0.3 is 0 Å². The molecule has 0 radical (unpaired) electrons. The van der Waals surface area contributed by atoms with Gasteiger partial charge in [0.1, 0.15) is 0 Å². The summed E-state index contributed by atoms with van der Waals surface area (Å²) >= 11 is 5.85. The maximum Gasteiger partial charge on any atom is 0.178 e. The molecule has 1 aromatic carbocycles. The van der Waals surface area contributed by atoms with Crippen LogP contribution < -0.4 is 0 Å². The summed E-state index contributed by atoms with van der Waals surface area (Å²) < 4.78 is 23.0. The summed E-state index contributed by atoms with van der Waals surface area (Å²) in [6.45, 7) is 3.56. The molecule has 0 fully saturated rings. The highest BCUT2D eigenvalue weighted by Crippen LogP contribution is 2.14. The molecule has 0 heterocycles. The highest BCUT2D eigenvalue weighted by Gasteiger charge is 2.10. The Hall–Kier alpha value is -0.540. The van der Waals surface area contributed by atoms with Gasteiger partial charge in [0.2, 0.25) is 0 Å². The molecular weight excluding hydrogens is 232 g/mol. The number of alkyl halides is 1. The zero-order chi connectivity index (χ0) is 11.5. The summed E-state index contributed by atoms with van der Waals surface area (Å²) in [6.07, 6.45) is 0.758. The van der Waals surface area contributed by atoms with Crippen molar-refractivity contribution in [2.24, 2.45) is 0 Å². The molecule has 1 rings (SSSR count). The highest BCUT2D eigenvalue weighted by atomic mass is 35.5. The summed E-state index contributed by atoms with van der Waals surface area (Å²) in [6, 6.07) is 6.93. The minimum atomic E-state index is -3.08. The number of hydrogen-bond acceptors (Lipinski definition) is 2. The van der Waals surface area contributed by atoms with Gasteiger partial charge in [0, 0.05) is 5.38 Å². The molecule has 0 aliphatic rings. The Morgan fingerprint density at radius 1 is 1.27 bits per heavy atom. The number of sulfone groups is 1. The van der Waals surface area contributed by atoms with E-state index in [0.29, 0.717) is 4.90 Å². The zero-order valence-electron chi connectivity index (χ0n) is 8.90. The van der Waals surface area contributed by atoms with Gasteiger partial charge in [0.15, 0.2) is 9.84 Å². The SMILES string of the molecule is CCS(=O)(=O)c1ccc(CC(C)Cl)cc1. The molecule has 1 aromatic rings. The largest absolute Gasteiger partial charge is 0.224 e. The van der Waals surface area contributed by atoms with Crippen LogP contribution >= 0.6 is 11.6 Å². The number of benzene rings is 1. The first kappa shape index (κ1) is 12.5. The molecule has 0 saturated heterocycles. The molecular formula is C11H15ClO2S. The fourth-order valence-corrected chi connectivity index (χ4v) is 2.39. The lowest BCUT2D eigenvalue weighted by Gasteiger charge is -2.05. The van der Waals surface area contributed by atoms with Crippen molar-refractivity contribution in [3.63, 3.8) is 0 Å². The lowest BCUT2D eigenvalue weighted by molar-refractivity contribution is 0.597. The Morgan fingerprint density at radius 2 is 1.80 bits per heavy atom. The Balaban J connectivity index is 2.91. The summed E-state index contributed by atoms with van der Waals surface area (Å²) in [5.74, 6) is 0.137. The smallest absolute Gasteiger partial charge is 0.178 e. The maximum absolute atomic E-state index is 11.5. The topological polar surface area (TPSA) is 34.1 Å². The second-order valence-electron chi connectivity index (χ2n) is 3.53. The van der Waals surface area contributed by atoms with E-state index in [4.69, 9.17) is 11.6 Å². The van der Waals surface area contributed by atoms with Crippen LogP contribution in [0.5, 0.6) is 0 Å². The van der Waals surface area contributed by atoms with Crippen LogP contribution in [0.15, 0.2) is 29.2 Å². The predicted molar refractivity (Wildman–Crippen MR) is 63.2 cm³/mol. The maximum atomic E-state index is 11.5. The standard InChI is InChI=1S/C11H15ClO2S/c1-3-15(13,14)11-6-4-10(5-7-11)8-9(2)12/h4-7,9H,3,8H2,1-2H3. The second kappa shape index (κ2) is 4.99. The Kier molecular flexibility index (Phi) is 4.17. The Morgan fingerprint density at radius 3 is 2.20 bits per heavy atom. The number of rotatable bonds is 4. The third-order valence-electron chi connectivity index (χ3n) is 2.18. The Bertz CT molecular complexity index is 407. The molecule has 0 aliphatic heterocycles. The van der Waals surface area contributed by atoms with Gasteiger partial charge in [0.25, 0.3) is 0 Å². The molecule has 84 valence electrons. The molecule has 0 aromatic heterocycles. The van der Waals surface area contributed by atoms with Gasteiger partial charge in [-0.3, -0.25) is 0 Å². The summed E-state index contributed by atoms with van der Waals surface area (Å²) in [5.41, 5.74) is 1.06. The van der Waals surface area contributed by atoms with Crippen LogP contribution in [0.25, 0.3) is 0 Å². The first-order valence-corrected chi connectivity index (χ1v) is 7.00. The van der Waals surface area contributed by atoms with Gasteiger partial charge in [-0.15, -0.1) is 11.6 Å². The molecule has 2 nitrogen and oxygen atoms in total. The first-order chi connectivity index (χ1) is 6.95. The van der Waals surface area contributed by atoms with Crippen LogP contribution in [-0.4, -0.2) is 19.5 Å². The quantitative estimate of drug-likeness (QED) is 0.766. The van der Waals surface area contributed by atoms with Crippen molar-refractivity contribution in [2.45, 2.75) is 30.5 Å². The lowest BCUT2D eigenvalue weighted by atomic mass is 10.1. The van der Waals surface area contributed by atoms with Crippen molar-refractivity contribution >= 4 is 21.4 Å². The minimum Gasteiger partial charge on any atom is -0.224 e. The second-order valence-corrected chi connectivity index (χ2v) is 6.56. The van der Waals surface area contributed by atoms with Crippen molar-refractivity contribution in [1.29, 1.82) is 0 Å². The molecule has 15 heavy (non-hydrogen) atoms. The minimum absolute atomic E-state index is 0.0682. The molecule has 0 amide bonds. The van der Waals surface area contributed by atoms with Crippen molar-refractivity contribution in [2.75, 3.05) is 5.75 Å². The van der Waals surface area contributed by atoms with E-state index in [9.17, 15) is 8.42 Å². The lowest BCUT2D eigenvalue weighted by Crippen LogP contribution is -2.04. The van der Waals surface area contributed by atoms with E-state index < -0.39 is 9.84 Å². The van der Waals surface area contributed by atoms with Crippen LogP contribution in [0.4, 0.5) is 0 Å². The van der Waals surface area contributed by atoms with E-state index in [1.807, 2.05) is 19.1 Å². The van der Waals surface area contributed by atoms with E-state index in [1.54, 1.807) is 19.1 Å². The molecule has 0 spiro atoms. The molecule has 0 N–H and O–H groups in total. The van der Waals surface area contributed by atoms with Crippen molar-refractivity contribution in [3.05, 3.63) is 29.8 Å². The summed E-state index contributed by atoms with van der Waals surface area (Å²) in [5, 5.41) is 0.0682. The zero-order valence-corrected chi connectivity index (χ0v) is 10.5. The van der Waals surface area contributed by atoms with E-state index >= 15 is 0 Å². The van der Waals surface area contributed by atoms with Crippen LogP contribution in [0.1, 0.15) is 19.4 Å². The molecule has 0 bridgehead atoms. The average Bonchev–Trinajstić information content (AvgIpc) is 2.18. The fourth-order valence-electron chi connectivity index (χ4n) is 1.32. The molecule has 4 heteroatoms. The predicted octanol–water partition coefficient (Wildman–Crippen LogP) is 2.65. The van der Waals surface area contributed by atoms with Crippen LogP contribution in [0, 0.1) is 0 Å². The van der Waals surface area contributed by atoms with E-state index in [-0.39, 0.29) is 11.1 Å².